The number of ether oxygens (including phenoxy) is 2. The lowest BCUT2D eigenvalue weighted by Crippen LogP contribution is -2.39. The first-order chi connectivity index (χ1) is 8.47. The normalized spacial score (nSPS) is 15.9. The number of carbonyl (C=O) groups excluding carboxylic acids is 1. The lowest BCUT2D eigenvalue weighted by atomic mass is 10.2. The van der Waals surface area contributed by atoms with E-state index in [1.54, 1.807) is 18.4 Å². The van der Waals surface area contributed by atoms with Gasteiger partial charge in [0.1, 0.15) is 24.2 Å². The highest BCUT2D eigenvalue weighted by Crippen LogP contribution is 2.24. The molecule has 0 radical (unpaired) electrons. The van der Waals surface area contributed by atoms with Gasteiger partial charge in [-0.2, -0.15) is 0 Å². The number of hydrogen-bond donors (Lipinski definition) is 0. The van der Waals surface area contributed by atoms with Crippen molar-refractivity contribution in [2.24, 2.45) is 0 Å². The summed E-state index contributed by atoms with van der Waals surface area (Å²) in [4.78, 5) is 13.6. The summed E-state index contributed by atoms with van der Waals surface area (Å²) in [5.74, 6) is 0.584. The Labute approximate surface area is 106 Å². The highest BCUT2D eigenvalue weighted by molar-refractivity contribution is 5.81. The highest BCUT2D eigenvalue weighted by atomic mass is 16.6. The molecule has 98 valence electrons. The van der Waals surface area contributed by atoms with Crippen LogP contribution in [0.4, 0.5) is 4.79 Å². The van der Waals surface area contributed by atoms with Crippen molar-refractivity contribution in [2.75, 3.05) is 13.2 Å². The van der Waals surface area contributed by atoms with E-state index < -0.39 is 11.7 Å². The zero-order chi connectivity index (χ0) is 13.2. The van der Waals surface area contributed by atoms with Gasteiger partial charge in [0.15, 0.2) is 5.76 Å². The van der Waals surface area contributed by atoms with Crippen molar-refractivity contribution in [3.05, 3.63) is 30.4 Å². The van der Waals surface area contributed by atoms with E-state index in [1.165, 1.54) is 11.2 Å². The Kier molecular flexibility index (Phi) is 3.32. The van der Waals surface area contributed by atoms with Gasteiger partial charge in [-0.25, -0.2) is 4.79 Å². The van der Waals surface area contributed by atoms with E-state index in [2.05, 4.69) is 0 Å². The summed E-state index contributed by atoms with van der Waals surface area (Å²) in [6.07, 6.45) is 2.68. The van der Waals surface area contributed by atoms with Crippen LogP contribution in [0.1, 0.15) is 26.5 Å². The molecular weight excluding hydrogens is 234 g/mol. The number of amides is 1. The van der Waals surface area contributed by atoms with Gasteiger partial charge >= 0.3 is 6.09 Å². The van der Waals surface area contributed by atoms with Crippen LogP contribution in [0.2, 0.25) is 0 Å². The molecule has 1 aliphatic heterocycles. The quantitative estimate of drug-likeness (QED) is 0.770. The Morgan fingerprint density at radius 3 is 2.83 bits per heavy atom. The van der Waals surface area contributed by atoms with E-state index in [-0.39, 0.29) is 0 Å². The topological polar surface area (TPSA) is 51.9 Å². The van der Waals surface area contributed by atoms with Gasteiger partial charge in [0.25, 0.3) is 0 Å². The van der Waals surface area contributed by atoms with Crippen molar-refractivity contribution in [2.45, 2.75) is 26.4 Å². The third-order valence-corrected chi connectivity index (χ3v) is 2.31. The van der Waals surface area contributed by atoms with Crippen molar-refractivity contribution in [1.29, 1.82) is 0 Å². The van der Waals surface area contributed by atoms with Crippen LogP contribution < -0.4 is 0 Å². The Morgan fingerprint density at radius 2 is 2.22 bits per heavy atom. The van der Waals surface area contributed by atoms with Crippen LogP contribution in [0.15, 0.2) is 29.1 Å². The molecule has 0 fully saturated rings. The maximum Gasteiger partial charge on any atom is 0.415 e. The first-order valence-corrected chi connectivity index (χ1v) is 5.83. The average Bonchev–Trinajstić information content (AvgIpc) is 2.80. The molecule has 1 amide bonds. The molecule has 0 N–H and O–H groups in total. The van der Waals surface area contributed by atoms with Crippen molar-refractivity contribution >= 4 is 11.8 Å². The maximum atomic E-state index is 12.1. The van der Waals surface area contributed by atoms with E-state index >= 15 is 0 Å². The van der Waals surface area contributed by atoms with E-state index in [1.807, 2.05) is 20.8 Å². The molecule has 1 aromatic heterocycles. The SMILES string of the molecule is CC(C)(C)OC(=O)N1CCOC=C1c1ccco1. The monoisotopic (exact) mass is 251 g/mol. The molecule has 5 heteroatoms. The van der Waals surface area contributed by atoms with Gasteiger partial charge in [-0.1, -0.05) is 0 Å². The second-order valence-corrected chi connectivity index (χ2v) is 4.98. The van der Waals surface area contributed by atoms with Gasteiger partial charge in [0.2, 0.25) is 0 Å². The molecule has 2 heterocycles. The number of hydrogen-bond acceptors (Lipinski definition) is 4. The summed E-state index contributed by atoms with van der Waals surface area (Å²) in [5, 5.41) is 0. The Hall–Kier alpha value is -1.91. The standard InChI is InChI=1S/C13H17NO4/c1-13(2,3)18-12(15)14-6-8-16-9-10(14)11-5-4-7-17-11/h4-5,7,9H,6,8H2,1-3H3. The van der Waals surface area contributed by atoms with Gasteiger partial charge in [-0.15, -0.1) is 0 Å². The van der Waals surface area contributed by atoms with Gasteiger partial charge < -0.3 is 13.9 Å². The van der Waals surface area contributed by atoms with Crippen LogP contribution >= 0.6 is 0 Å². The summed E-state index contributed by atoms with van der Waals surface area (Å²) < 4.78 is 15.9. The fourth-order valence-electron chi connectivity index (χ4n) is 1.59. The molecular formula is C13H17NO4. The third kappa shape index (κ3) is 2.85. The molecule has 0 saturated carbocycles. The second-order valence-electron chi connectivity index (χ2n) is 4.98. The Bertz CT molecular complexity index is 442. The molecule has 0 aromatic carbocycles. The van der Waals surface area contributed by atoms with Gasteiger partial charge in [-0.3, -0.25) is 4.90 Å². The average molecular weight is 251 g/mol. The zero-order valence-electron chi connectivity index (χ0n) is 10.8. The summed E-state index contributed by atoms with van der Waals surface area (Å²) in [6, 6.07) is 3.54. The summed E-state index contributed by atoms with van der Waals surface area (Å²) in [5.41, 5.74) is 0.0597. The van der Waals surface area contributed by atoms with Gasteiger partial charge in [-0.05, 0) is 32.9 Å². The van der Waals surface area contributed by atoms with E-state index in [9.17, 15) is 4.79 Å². The molecule has 2 rings (SSSR count). The molecule has 18 heavy (non-hydrogen) atoms. The number of furan rings is 1. The molecule has 0 saturated heterocycles. The lowest BCUT2D eigenvalue weighted by molar-refractivity contribution is 0.0292. The van der Waals surface area contributed by atoms with Gasteiger partial charge in [0, 0.05) is 0 Å². The zero-order valence-corrected chi connectivity index (χ0v) is 10.8. The van der Waals surface area contributed by atoms with Crippen LogP contribution in [0.5, 0.6) is 0 Å². The van der Waals surface area contributed by atoms with Crippen LogP contribution in [-0.2, 0) is 9.47 Å². The van der Waals surface area contributed by atoms with Crippen molar-refractivity contribution in [3.63, 3.8) is 0 Å². The fraction of sp³-hybridized carbons (Fsp3) is 0.462. The molecule has 0 atom stereocenters. The van der Waals surface area contributed by atoms with Crippen molar-refractivity contribution in [3.8, 4) is 0 Å². The number of carbonyl (C=O) groups is 1. The number of rotatable bonds is 1. The molecule has 5 nitrogen and oxygen atoms in total. The summed E-state index contributed by atoms with van der Waals surface area (Å²) in [7, 11) is 0. The predicted molar refractivity (Wildman–Crippen MR) is 65.6 cm³/mol. The molecule has 0 bridgehead atoms. The minimum Gasteiger partial charge on any atom is -0.497 e. The van der Waals surface area contributed by atoms with E-state index in [0.717, 1.165) is 0 Å². The lowest BCUT2D eigenvalue weighted by Gasteiger charge is -2.30. The van der Waals surface area contributed by atoms with E-state index in [0.29, 0.717) is 24.6 Å². The molecule has 0 unspecified atom stereocenters. The first kappa shape index (κ1) is 12.5. The van der Waals surface area contributed by atoms with Gasteiger partial charge in [0.05, 0.1) is 12.8 Å². The molecule has 0 aliphatic carbocycles. The minimum atomic E-state index is -0.524. The van der Waals surface area contributed by atoms with Crippen molar-refractivity contribution < 1.29 is 18.7 Å². The summed E-state index contributed by atoms with van der Waals surface area (Å²) in [6.45, 7) is 6.40. The highest BCUT2D eigenvalue weighted by Gasteiger charge is 2.28. The largest absolute Gasteiger partial charge is 0.497 e. The third-order valence-electron chi connectivity index (χ3n) is 2.31. The smallest absolute Gasteiger partial charge is 0.415 e. The summed E-state index contributed by atoms with van der Waals surface area (Å²) >= 11 is 0. The molecule has 0 spiro atoms. The first-order valence-electron chi connectivity index (χ1n) is 5.83. The minimum absolute atomic E-state index is 0.395. The maximum absolute atomic E-state index is 12.1. The van der Waals surface area contributed by atoms with Crippen LogP contribution in [0.25, 0.3) is 5.70 Å². The van der Waals surface area contributed by atoms with Crippen LogP contribution in [0.3, 0.4) is 0 Å². The predicted octanol–water partition coefficient (Wildman–Crippen LogP) is 2.85. The van der Waals surface area contributed by atoms with Crippen molar-refractivity contribution in [1.82, 2.24) is 4.90 Å². The van der Waals surface area contributed by atoms with Crippen LogP contribution in [0, 0.1) is 0 Å². The number of nitrogens with zero attached hydrogens (tertiary/aromatic N) is 1. The fourth-order valence-corrected chi connectivity index (χ4v) is 1.59. The van der Waals surface area contributed by atoms with E-state index in [4.69, 9.17) is 13.9 Å². The molecule has 1 aromatic rings. The Morgan fingerprint density at radius 1 is 1.44 bits per heavy atom. The molecule has 1 aliphatic rings. The Balaban J connectivity index is 2.18. The second kappa shape index (κ2) is 4.76. The van der Waals surface area contributed by atoms with Crippen LogP contribution in [-0.4, -0.2) is 29.7 Å².